The van der Waals surface area contributed by atoms with Gasteiger partial charge in [0.1, 0.15) is 11.6 Å². The Morgan fingerprint density at radius 2 is 1.85 bits per heavy atom. The van der Waals surface area contributed by atoms with Gasteiger partial charge in [-0.3, -0.25) is 4.90 Å². The minimum atomic E-state index is -0.222. The Morgan fingerprint density at radius 3 is 2.73 bits per heavy atom. The molecule has 2 heterocycles. The fraction of sp³-hybridized carbons (Fsp3) is 0.286. The highest BCUT2D eigenvalue weighted by atomic mass is 19.1. The Balaban J connectivity index is 1.21. The highest BCUT2D eigenvalue weighted by Gasteiger charge is 2.26. The molecule has 5 heteroatoms. The maximum Gasteiger partial charge on any atom is 0.123 e. The van der Waals surface area contributed by atoms with E-state index in [2.05, 4.69) is 39.8 Å². The summed E-state index contributed by atoms with van der Waals surface area (Å²) in [5, 5.41) is 8.18. The molecule has 5 rings (SSSR count). The first-order chi connectivity index (χ1) is 16.1. The molecule has 2 aromatic carbocycles. The van der Waals surface area contributed by atoms with Crippen LogP contribution >= 0.6 is 0 Å². The van der Waals surface area contributed by atoms with Gasteiger partial charge in [-0.1, -0.05) is 65.8 Å². The number of nitrogens with zero attached hydrogens (tertiary/aromatic N) is 2. The molecule has 0 saturated heterocycles. The molecule has 0 spiro atoms. The van der Waals surface area contributed by atoms with E-state index < -0.39 is 0 Å². The third-order valence-electron chi connectivity index (χ3n) is 6.59. The molecule has 2 unspecified atom stereocenters. The second-order valence-corrected chi connectivity index (χ2v) is 8.94. The van der Waals surface area contributed by atoms with Crippen molar-refractivity contribution in [3.63, 3.8) is 0 Å². The number of hydrogen-bond donors (Lipinski definition) is 1. The molecule has 0 radical (unpaired) electrons. The lowest BCUT2D eigenvalue weighted by molar-refractivity contribution is 0.171. The fourth-order valence-corrected chi connectivity index (χ4v) is 4.82. The second kappa shape index (κ2) is 9.86. The molecule has 3 nitrogen and oxygen atoms in total. The van der Waals surface area contributed by atoms with E-state index in [4.69, 9.17) is 0 Å². The summed E-state index contributed by atoms with van der Waals surface area (Å²) in [5.74, 6) is -0.407. The van der Waals surface area contributed by atoms with Crippen LogP contribution in [0.4, 0.5) is 8.78 Å². The van der Waals surface area contributed by atoms with Gasteiger partial charge >= 0.3 is 0 Å². The topological polar surface area (TPSA) is 29.4 Å². The molecule has 0 aromatic heterocycles. The maximum atomic E-state index is 13.8. The second-order valence-electron chi connectivity index (χ2n) is 8.94. The van der Waals surface area contributed by atoms with Crippen LogP contribution in [0.2, 0.25) is 0 Å². The van der Waals surface area contributed by atoms with Crippen LogP contribution < -0.4 is 5.32 Å². The highest BCUT2D eigenvalue weighted by Crippen LogP contribution is 2.27. The zero-order chi connectivity index (χ0) is 22.6. The minimum absolute atomic E-state index is 0.157. The molecule has 0 amide bonds. The van der Waals surface area contributed by atoms with Crippen LogP contribution in [0.25, 0.3) is 5.32 Å². The molecule has 2 aliphatic heterocycles. The summed E-state index contributed by atoms with van der Waals surface area (Å²) < 4.78 is 27.2. The molecule has 0 bridgehead atoms. The minimum Gasteiger partial charge on any atom is -0.681 e. The predicted octanol–water partition coefficient (Wildman–Crippen LogP) is 5.22. The van der Waals surface area contributed by atoms with Gasteiger partial charge < -0.3 is 10.6 Å². The lowest BCUT2D eigenvalue weighted by atomic mass is 9.90. The molecule has 0 fully saturated rings. The highest BCUT2D eigenvalue weighted by molar-refractivity contribution is 5.50. The quantitative estimate of drug-likeness (QED) is 0.594. The van der Waals surface area contributed by atoms with Crippen LogP contribution in [0.3, 0.4) is 0 Å². The Labute approximate surface area is 194 Å². The predicted molar refractivity (Wildman–Crippen MR) is 129 cm³/mol. The average molecular weight is 445 g/mol. The number of nitrogens with one attached hydrogen (secondary N) is 1. The first-order valence-corrected chi connectivity index (χ1v) is 11.6. The maximum absolute atomic E-state index is 13.8. The van der Waals surface area contributed by atoms with Gasteiger partial charge in [0.05, 0.1) is 0 Å². The molecule has 33 heavy (non-hydrogen) atoms. The summed E-state index contributed by atoms with van der Waals surface area (Å²) in [6.45, 7) is 3.30. The van der Waals surface area contributed by atoms with Crippen molar-refractivity contribution in [2.75, 3.05) is 19.6 Å². The zero-order valence-corrected chi connectivity index (χ0v) is 18.6. The number of rotatable bonds is 7. The Morgan fingerprint density at radius 1 is 1.00 bits per heavy atom. The average Bonchev–Trinajstić information content (AvgIpc) is 2.83. The van der Waals surface area contributed by atoms with Gasteiger partial charge in [-0.2, -0.15) is 6.20 Å². The SMILES string of the molecule is Fc1ccc(CC2Cc3cc(F)ccc3CN2CCNCC2=C[N-]C3C=CC=CC3=C2)cc1. The van der Waals surface area contributed by atoms with Crippen molar-refractivity contribution in [2.24, 2.45) is 0 Å². The summed E-state index contributed by atoms with van der Waals surface area (Å²) in [6, 6.07) is 12.2. The van der Waals surface area contributed by atoms with Crippen LogP contribution in [0.15, 0.2) is 90.2 Å². The summed E-state index contributed by atoms with van der Waals surface area (Å²) in [7, 11) is 0. The molecule has 1 aliphatic carbocycles. The normalized spacial score (nSPS) is 21.6. The third kappa shape index (κ3) is 5.32. The van der Waals surface area contributed by atoms with Gasteiger partial charge in [0.25, 0.3) is 0 Å². The van der Waals surface area contributed by atoms with Gasteiger partial charge in [0.2, 0.25) is 0 Å². The van der Waals surface area contributed by atoms with Crippen molar-refractivity contribution in [1.82, 2.24) is 10.2 Å². The zero-order valence-electron chi connectivity index (χ0n) is 18.6. The summed E-state index contributed by atoms with van der Waals surface area (Å²) in [6.07, 6.45) is 14.1. The van der Waals surface area contributed by atoms with E-state index in [1.165, 1.54) is 28.8 Å². The molecule has 1 N–H and O–H groups in total. The Hall–Kier alpha value is -3.02. The van der Waals surface area contributed by atoms with E-state index in [1.54, 1.807) is 12.1 Å². The summed E-state index contributed by atoms with van der Waals surface area (Å²) in [5.41, 5.74) is 5.79. The monoisotopic (exact) mass is 444 g/mol. The lowest BCUT2D eigenvalue weighted by Crippen LogP contribution is -2.45. The molecule has 170 valence electrons. The Kier molecular flexibility index (Phi) is 6.51. The van der Waals surface area contributed by atoms with Crippen molar-refractivity contribution in [2.45, 2.75) is 31.5 Å². The number of hydrogen-bond acceptors (Lipinski definition) is 2. The molecule has 3 aliphatic rings. The van der Waals surface area contributed by atoms with Crippen molar-refractivity contribution in [3.8, 4) is 0 Å². The van der Waals surface area contributed by atoms with Crippen molar-refractivity contribution in [1.29, 1.82) is 0 Å². The molecular weight excluding hydrogens is 416 g/mol. The first-order valence-electron chi connectivity index (χ1n) is 11.6. The largest absolute Gasteiger partial charge is 0.681 e. The fourth-order valence-electron chi connectivity index (χ4n) is 4.82. The molecular formula is C28H28F2N3-. The van der Waals surface area contributed by atoms with E-state index in [0.717, 1.165) is 50.1 Å². The summed E-state index contributed by atoms with van der Waals surface area (Å²) in [4.78, 5) is 2.46. The van der Waals surface area contributed by atoms with Crippen LogP contribution in [-0.2, 0) is 19.4 Å². The third-order valence-corrected chi connectivity index (χ3v) is 6.59. The van der Waals surface area contributed by atoms with Crippen molar-refractivity contribution >= 4 is 0 Å². The van der Waals surface area contributed by atoms with Gasteiger partial charge in [-0.25, -0.2) is 8.78 Å². The number of benzene rings is 2. The lowest BCUT2D eigenvalue weighted by Gasteiger charge is -2.37. The molecule has 0 saturated carbocycles. The van der Waals surface area contributed by atoms with Gasteiger partial charge in [-0.15, -0.1) is 0 Å². The van der Waals surface area contributed by atoms with E-state index >= 15 is 0 Å². The summed E-state index contributed by atoms with van der Waals surface area (Å²) >= 11 is 0. The van der Waals surface area contributed by atoms with E-state index in [9.17, 15) is 8.78 Å². The van der Waals surface area contributed by atoms with Gasteiger partial charge in [-0.05, 0) is 53.8 Å². The molecule has 2 atom stereocenters. The van der Waals surface area contributed by atoms with Crippen LogP contribution in [0.5, 0.6) is 0 Å². The van der Waals surface area contributed by atoms with Gasteiger partial charge in [0.15, 0.2) is 0 Å². The number of allylic oxidation sites excluding steroid dienone is 2. The number of halogens is 2. The molecule has 2 aromatic rings. The van der Waals surface area contributed by atoms with Crippen molar-refractivity contribution < 1.29 is 8.78 Å². The van der Waals surface area contributed by atoms with Crippen LogP contribution in [0, 0.1) is 11.6 Å². The van der Waals surface area contributed by atoms with Crippen molar-refractivity contribution in [3.05, 3.63) is 124 Å². The van der Waals surface area contributed by atoms with E-state index in [0.29, 0.717) is 0 Å². The van der Waals surface area contributed by atoms with E-state index in [1.807, 2.05) is 30.5 Å². The standard InChI is InChI=1S/C28H28F2N3/c29-25-8-5-20(6-9-25)14-27-16-24-15-26(30)10-7-23(24)19-33(27)12-11-31-17-21-13-22-3-1-2-4-28(22)32-18-21/h1-10,13,15,18,27-28,31H,11-12,14,16-17,19H2/q-1. The Bertz CT molecular complexity index is 1110. The smallest absolute Gasteiger partial charge is 0.123 e. The van der Waals surface area contributed by atoms with E-state index in [-0.39, 0.29) is 23.7 Å². The van der Waals surface area contributed by atoms with Crippen LogP contribution in [-0.4, -0.2) is 36.6 Å². The number of fused-ring (bicyclic) bond motifs is 2. The first kappa shape index (κ1) is 21.8. The van der Waals surface area contributed by atoms with Crippen LogP contribution in [0.1, 0.15) is 16.7 Å². The van der Waals surface area contributed by atoms with Gasteiger partial charge in [0, 0.05) is 32.2 Å².